The minimum atomic E-state index is -1.91. The van der Waals surface area contributed by atoms with E-state index < -0.39 is 8.32 Å². The van der Waals surface area contributed by atoms with Gasteiger partial charge in [0.1, 0.15) is 5.82 Å². The van der Waals surface area contributed by atoms with Gasteiger partial charge < -0.3 is 14.1 Å². The minimum absolute atomic E-state index is 0.0475. The topological polar surface area (TPSA) is 38.8 Å². The van der Waals surface area contributed by atoms with E-state index in [2.05, 4.69) is 38.8 Å². The van der Waals surface area contributed by atoms with Crippen molar-refractivity contribution in [3.05, 3.63) is 65.5 Å². The average Bonchev–Trinajstić information content (AvgIpc) is 3.15. The van der Waals surface area contributed by atoms with E-state index in [-0.39, 0.29) is 28.7 Å². The van der Waals surface area contributed by atoms with E-state index in [1.54, 1.807) is 18.2 Å². The number of hydrogen-bond acceptors (Lipinski definition) is 4. The van der Waals surface area contributed by atoms with Gasteiger partial charge in [0.05, 0.1) is 12.7 Å². The summed E-state index contributed by atoms with van der Waals surface area (Å²) in [6, 6.07) is 14.5. The zero-order valence-corrected chi connectivity index (χ0v) is 20.4. The van der Waals surface area contributed by atoms with Crippen LogP contribution in [0.4, 0.5) is 10.1 Å². The molecule has 0 bridgehead atoms. The van der Waals surface area contributed by atoms with E-state index in [0.717, 1.165) is 17.8 Å². The van der Waals surface area contributed by atoms with Crippen molar-refractivity contribution in [3.8, 4) is 0 Å². The van der Waals surface area contributed by atoms with E-state index in [1.165, 1.54) is 13.2 Å². The Kier molecular flexibility index (Phi) is 6.91. The van der Waals surface area contributed by atoms with Gasteiger partial charge >= 0.3 is 5.97 Å². The lowest BCUT2D eigenvalue weighted by molar-refractivity contribution is 0.0600. The monoisotopic (exact) mass is 443 g/mol. The molecule has 31 heavy (non-hydrogen) atoms. The fourth-order valence-electron chi connectivity index (χ4n) is 3.84. The maximum absolute atomic E-state index is 14.7. The zero-order valence-electron chi connectivity index (χ0n) is 19.4. The van der Waals surface area contributed by atoms with Crippen molar-refractivity contribution in [1.82, 2.24) is 0 Å². The first-order valence-corrected chi connectivity index (χ1v) is 13.8. The molecule has 6 heteroatoms. The van der Waals surface area contributed by atoms with Crippen molar-refractivity contribution in [1.29, 1.82) is 0 Å². The van der Waals surface area contributed by atoms with Crippen molar-refractivity contribution in [2.75, 3.05) is 31.7 Å². The summed E-state index contributed by atoms with van der Waals surface area (Å²) in [6.07, 6.45) is 0. The molecule has 1 aliphatic rings. The predicted molar refractivity (Wildman–Crippen MR) is 126 cm³/mol. The van der Waals surface area contributed by atoms with E-state index in [1.807, 2.05) is 24.3 Å². The van der Waals surface area contributed by atoms with Gasteiger partial charge in [0.15, 0.2) is 8.32 Å². The standard InChI is InChI=1S/C25H34FNO3Si/c1-25(2,3)31(5,6)30-17-19-15-27(16-22(19)21-9-7-8-10-23(21)26)20-13-11-18(12-14-20)24(28)29-4/h7-14,19,22H,15-17H2,1-6H3/t19-,22+/m1/s1. The van der Waals surface area contributed by atoms with Crippen LogP contribution in [0.15, 0.2) is 48.5 Å². The summed E-state index contributed by atoms with van der Waals surface area (Å²) in [5.41, 5.74) is 2.29. The van der Waals surface area contributed by atoms with E-state index in [0.29, 0.717) is 18.7 Å². The lowest BCUT2D eigenvalue weighted by Gasteiger charge is -2.37. The molecule has 0 spiro atoms. The molecule has 168 valence electrons. The van der Waals surface area contributed by atoms with Crippen LogP contribution < -0.4 is 4.90 Å². The molecule has 2 atom stereocenters. The van der Waals surface area contributed by atoms with Gasteiger partial charge in [0, 0.05) is 37.2 Å². The molecule has 0 amide bonds. The molecule has 1 aliphatic heterocycles. The molecule has 4 nitrogen and oxygen atoms in total. The summed E-state index contributed by atoms with van der Waals surface area (Å²) in [7, 11) is -0.528. The third-order valence-electron chi connectivity index (χ3n) is 6.86. The normalized spacial score (nSPS) is 19.5. The van der Waals surface area contributed by atoms with Crippen LogP contribution in [-0.4, -0.2) is 41.1 Å². The Balaban J connectivity index is 1.83. The first-order chi connectivity index (χ1) is 14.5. The number of hydrogen-bond donors (Lipinski definition) is 0. The van der Waals surface area contributed by atoms with Crippen molar-refractivity contribution in [3.63, 3.8) is 0 Å². The number of anilines is 1. The summed E-state index contributed by atoms with van der Waals surface area (Å²) >= 11 is 0. The van der Waals surface area contributed by atoms with Crippen LogP contribution in [0.5, 0.6) is 0 Å². The summed E-state index contributed by atoms with van der Waals surface area (Å²) < 4.78 is 26.0. The molecular formula is C25H34FNO3Si. The largest absolute Gasteiger partial charge is 0.465 e. The summed E-state index contributed by atoms with van der Waals surface area (Å²) in [6.45, 7) is 13.3. The SMILES string of the molecule is COC(=O)c1ccc(N2C[C@H](CO[Si](C)(C)C(C)(C)C)[C@@H](c3ccccc3F)C2)cc1. The van der Waals surface area contributed by atoms with Gasteiger partial charge in [0.2, 0.25) is 0 Å². The van der Waals surface area contributed by atoms with Gasteiger partial charge in [-0.25, -0.2) is 9.18 Å². The van der Waals surface area contributed by atoms with Crippen LogP contribution in [0, 0.1) is 11.7 Å². The summed E-state index contributed by atoms with van der Waals surface area (Å²) in [5.74, 6) is -0.275. The van der Waals surface area contributed by atoms with Gasteiger partial charge in [-0.2, -0.15) is 0 Å². The second-order valence-electron chi connectivity index (χ2n) is 9.90. The maximum atomic E-state index is 14.7. The van der Waals surface area contributed by atoms with Gasteiger partial charge in [-0.1, -0.05) is 39.0 Å². The molecule has 0 radical (unpaired) electrons. The summed E-state index contributed by atoms with van der Waals surface area (Å²) in [5, 5.41) is 0.127. The molecule has 0 aliphatic carbocycles. The molecule has 0 N–H and O–H groups in total. The lowest BCUT2D eigenvalue weighted by atomic mass is 9.89. The van der Waals surface area contributed by atoms with Crippen molar-refractivity contribution >= 4 is 20.0 Å². The summed E-state index contributed by atoms with van der Waals surface area (Å²) in [4.78, 5) is 14.0. The first-order valence-electron chi connectivity index (χ1n) is 10.8. The molecular weight excluding hydrogens is 409 g/mol. The quantitative estimate of drug-likeness (QED) is 0.414. The van der Waals surface area contributed by atoms with Crippen LogP contribution >= 0.6 is 0 Å². The van der Waals surface area contributed by atoms with Crippen LogP contribution in [-0.2, 0) is 9.16 Å². The molecule has 1 heterocycles. The number of rotatable bonds is 6. The number of benzene rings is 2. The second kappa shape index (κ2) is 9.13. The van der Waals surface area contributed by atoms with Gasteiger partial charge in [-0.15, -0.1) is 0 Å². The maximum Gasteiger partial charge on any atom is 0.337 e. The Morgan fingerprint density at radius 1 is 1.10 bits per heavy atom. The van der Waals surface area contributed by atoms with Crippen LogP contribution in [0.1, 0.15) is 42.6 Å². The number of nitrogens with zero attached hydrogens (tertiary/aromatic N) is 1. The number of carbonyl (C=O) groups excluding carboxylic acids is 1. The predicted octanol–water partition coefficient (Wildman–Crippen LogP) is 5.85. The Morgan fingerprint density at radius 3 is 2.32 bits per heavy atom. The highest BCUT2D eigenvalue weighted by molar-refractivity contribution is 6.74. The molecule has 1 fully saturated rings. The van der Waals surface area contributed by atoms with E-state index in [9.17, 15) is 9.18 Å². The van der Waals surface area contributed by atoms with Crippen molar-refractivity contribution in [2.45, 2.75) is 44.8 Å². The Bertz CT molecular complexity index is 908. The van der Waals surface area contributed by atoms with Crippen LogP contribution in [0.25, 0.3) is 0 Å². The number of carbonyl (C=O) groups is 1. The van der Waals surface area contributed by atoms with Crippen molar-refractivity contribution in [2.24, 2.45) is 5.92 Å². The molecule has 0 saturated carbocycles. The second-order valence-corrected chi connectivity index (χ2v) is 14.7. The van der Waals surface area contributed by atoms with Crippen molar-refractivity contribution < 1.29 is 18.3 Å². The molecule has 2 aromatic rings. The Labute approximate surface area is 186 Å². The number of halogens is 1. The van der Waals surface area contributed by atoms with Crippen LogP contribution in [0.2, 0.25) is 18.1 Å². The number of ether oxygens (including phenoxy) is 1. The Morgan fingerprint density at radius 2 is 1.74 bits per heavy atom. The molecule has 3 rings (SSSR count). The molecule has 2 aromatic carbocycles. The van der Waals surface area contributed by atoms with Crippen LogP contribution in [0.3, 0.4) is 0 Å². The molecule has 0 unspecified atom stereocenters. The zero-order chi connectivity index (χ0) is 22.8. The Hall–Kier alpha value is -2.18. The number of esters is 1. The number of methoxy groups -OCH3 is 1. The van der Waals surface area contributed by atoms with Gasteiger partial charge in [-0.05, 0) is 54.0 Å². The molecule has 0 aromatic heterocycles. The molecule has 1 saturated heterocycles. The highest BCUT2D eigenvalue weighted by atomic mass is 28.4. The van der Waals surface area contributed by atoms with E-state index >= 15 is 0 Å². The van der Waals surface area contributed by atoms with Gasteiger partial charge in [0.25, 0.3) is 0 Å². The minimum Gasteiger partial charge on any atom is -0.465 e. The third-order valence-corrected chi connectivity index (χ3v) is 11.4. The fraction of sp³-hybridized carbons (Fsp3) is 0.480. The van der Waals surface area contributed by atoms with E-state index in [4.69, 9.17) is 9.16 Å². The highest BCUT2D eigenvalue weighted by Gasteiger charge is 2.41. The first kappa shape index (κ1) is 23.5. The smallest absolute Gasteiger partial charge is 0.337 e. The fourth-order valence-corrected chi connectivity index (χ4v) is 4.90. The lowest BCUT2D eigenvalue weighted by Crippen LogP contribution is -2.42. The average molecular weight is 444 g/mol. The van der Waals surface area contributed by atoms with Gasteiger partial charge in [-0.3, -0.25) is 0 Å². The third kappa shape index (κ3) is 5.18. The highest BCUT2D eigenvalue weighted by Crippen LogP contribution is 2.40.